The van der Waals surface area contributed by atoms with Crippen LogP contribution in [-0.2, 0) is 6.54 Å². The van der Waals surface area contributed by atoms with Crippen LogP contribution >= 0.6 is 11.3 Å². The molecular weight excluding hydrogens is 238 g/mol. The van der Waals surface area contributed by atoms with Crippen LogP contribution < -0.4 is 0 Å². The SMILES string of the molecule is CC1(C)CCCN(Cc2csc3ccccc23)C1. The molecule has 0 amide bonds. The molecular formula is C16H21NS. The quantitative estimate of drug-likeness (QED) is 0.766. The maximum absolute atomic E-state index is 2.62. The molecule has 2 aromatic rings. The van der Waals surface area contributed by atoms with Crippen LogP contribution in [0.2, 0.25) is 0 Å². The lowest BCUT2D eigenvalue weighted by atomic mass is 9.84. The molecule has 0 bridgehead atoms. The van der Waals surface area contributed by atoms with Crippen LogP contribution in [0.3, 0.4) is 0 Å². The van der Waals surface area contributed by atoms with Gasteiger partial charge in [-0.05, 0) is 47.2 Å². The smallest absolute Gasteiger partial charge is 0.0346 e. The standard InChI is InChI=1S/C16H21NS/c1-16(2)8-5-9-17(12-16)10-13-11-18-15-7-4-3-6-14(13)15/h3-4,6-7,11H,5,8-10,12H2,1-2H3. The normalized spacial score (nSPS) is 20.3. The third-order valence-electron chi connectivity index (χ3n) is 3.93. The molecule has 1 saturated heterocycles. The number of fused-ring (bicyclic) bond motifs is 1. The Bertz CT molecular complexity index is 541. The molecule has 0 atom stereocenters. The van der Waals surface area contributed by atoms with E-state index < -0.39 is 0 Å². The summed E-state index contributed by atoms with van der Waals surface area (Å²) in [4.78, 5) is 2.62. The fraction of sp³-hybridized carbons (Fsp3) is 0.500. The Labute approximate surface area is 113 Å². The van der Waals surface area contributed by atoms with Crippen molar-refractivity contribution < 1.29 is 0 Å². The summed E-state index contributed by atoms with van der Waals surface area (Å²) in [6.45, 7) is 8.40. The number of thiophene rings is 1. The fourth-order valence-corrected chi connectivity index (χ4v) is 4.03. The van der Waals surface area contributed by atoms with Gasteiger partial charge in [0.1, 0.15) is 0 Å². The van der Waals surface area contributed by atoms with Gasteiger partial charge in [-0.2, -0.15) is 0 Å². The average molecular weight is 259 g/mol. The lowest BCUT2D eigenvalue weighted by Gasteiger charge is -2.38. The number of benzene rings is 1. The molecule has 1 nitrogen and oxygen atoms in total. The lowest BCUT2D eigenvalue weighted by Crippen LogP contribution is -2.39. The zero-order chi connectivity index (χ0) is 12.6. The van der Waals surface area contributed by atoms with Crippen LogP contribution in [0, 0.1) is 5.41 Å². The van der Waals surface area contributed by atoms with Crippen molar-refractivity contribution >= 4 is 21.4 Å². The molecule has 96 valence electrons. The molecule has 1 aliphatic heterocycles. The second-order valence-electron chi connectivity index (χ2n) is 6.24. The molecule has 0 N–H and O–H groups in total. The minimum atomic E-state index is 0.490. The second-order valence-corrected chi connectivity index (χ2v) is 7.15. The largest absolute Gasteiger partial charge is 0.299 e. The summed E-state index contributed by atoms with van der Waals surface area (Å²) >= 11 is 1.88. The summed E-state index contributed by atoms with van der Waals surface area (Å²) in [5, 5.41) is 3.79. The average Bonchev–Trinajstić information content (AvgIpc) is 2.72. The zero-order valence-corrected chi connectivity index (χ0v) is 12.1. The molecule has 0 unspecified atom stereocenters. The Morgan fingerprint density at radius 1 is 1.28 bits per heavy atom. The zero-order valence-electron chi connectivity index (χ0n) is 11.3. The van der Waals surface area contributed by atoms with Crippen LogP contribution in [-0.4, -0.2) is 18.0 Å². The van der Waals surface area contributed by atoms with Gasteiger partial charge in [0, 0.05) is 17.8 Å². The van der Waals surface area contributed by atoms with Gasteiger partial charge in [-0.3, -0.25) is 4.90 Å². The second kappa shape index (κ2) is 4.67. The van der Waals surface area contributed by atoms with Crippen molar-refractivity contribution in [3.05, 3.63) is 35.2 Å². The van der Waals surface area contributed by atoms with Crippen LogP contribution in [0.15, 0.2) is 29.6 Å². The monoisotopic (exact) mass is 259 g/mol. The van der Waals surface area contributed by atoms with E-state index in [1.54, 1.807) is 0 Å². The first-order valence-corrected chi connectivity index (χ1v) is 7.69. The van der Waals surface area contributed by atoms with E-state index in [0.29, 0.717) is 5.41 Å². The van der Waals surface area contributed by atoms with E-state index in [1.165, 1.54) is 41.6 Å². The van der Waals surface area contributed by atoms with Gasteiger partial charge in [-0.25, -0.2) is 0 Å². The van der Waals surface area contributed by atoms with Gasteiger partial charge in [-0.15, -0.1) is 11.3 Å². The van der Waals surface area contributed by atoms with Crippen LogP contribution in [0.4, 0.5) is 0 Å². The highest BCUT2D eigenvalue weighted by molar-refractivity contribution is 7.17. The molecule has 18 heavy (non-hydrogen) atoms. The number of piperidine rings is 1. The molecule has 0 spiro atoms. The number of hydrogen-bond acceptors (Lipinski definition) is 2. The highest BCUT2D eigenvalue weighted by Gasteiger charge is 2.26. The molecule has 1 aromatic heterocycles. The highest BCUT2D eigenvalue weighted by Crippen LogP contribution is 2.31. The summed E-state index contributed by atoms with van der Waals surface area (Å²) in [5.74, 6) is 0. The van der Waals surface area contributed by atoms with E-state index in [0.717, 1.165) is 6.54 Å². The minimum Gasteiger partial charge on any atom is -0.299 e. The van der Waals surface area contributed by atoms with E-state index in [4.69, 9.17) is 0 Å². The molecule has 1 aromatic carbocycles. The van der Waals surface area contributed by atoms with Gasteiger partial charge in [0.25, 0.3) is 0 Å². The highest BCUT2D eigenvalue weighted by atomic mass is 32.1. The van der Waals surface area contributed by atoms with Gasteiger partial charge in [-0.1, -0.05) is 32.0 Å². The third-order valence-corrected chi connectivity index (χ3v) is 4.95. The Hall–Kier alpha value is -0.860. The Morgan fingerprint density at radius 2 is 2.11 bits per heavy atom. The first kappa shape index (κ1) is 12.2. The summed E-state index contributed by atoms with van der Waals surface area (Å²) in [7, 11) is 0. The maximum Gasteiger partial charge on any atom is 0.0346 e. The molecule has 0 saturated carbocycles. The molecule has 0 radical (unpaired) electrons. The van der Waals surface area contributed by atoms with Gasteiger partial charge < -0.3 is 0 Å². The Balaban J connectivity index is 1.80. The predicted octanol–water partition coefficient (Wildman–Crippen LogP) is 4.52. The van der Waals surface area contributed by atoms with Crippen molar-refractivity contribution in [1.29, 1.82) is 0 Å². The topological polar surface area (TPSA) is 3.24 Å². The van der Waals surface area contributed by atoms with E-state index in [-0.39, 0.29) is 0 Å². The molecule has 0 aliphatic carbocycles. The van der Waals surface area contributed by atoms with Crippen LogP contribution in [0.1, 0.15) is 32.3 Å². The first-order valence-electron chi connectivity index (χ1n) is 6.82. The summed E-state index contributed by atoms with van der Waals surface area (Å²) in [5.41, 5.74) is 2.00. The van der Waals surface area contributed by atoms with Gasteiger partial charge >= 0.3 is 0 Å². The van der Waals surface area contributed by atoms with E-state index >= 15 is 0 Å². The van der Waals surface area contributed by atoms with Crippen LogP contribution in [0.5, 0.6) is 0 Å². The molecule has 2 heteroatoms. The van der Waals surface area contributed by atoms with E-state index in [1.807, 2.05) is 11.3 Å². The predicted molar refractivity (Wildman–Crippen MR) is 80.1 cm³/mol. The Kier molecular flexibility index (Phi) is 3.16. The fourth-order valence-electron chi connectivity index (χ4n) is 3.08. The number of nitrogens with zero attached hydrogens (tertiary/aromatic N) is 1. The summed E-state index contributed by atoms with van der Waals surface area (Å²) in [6.07, 6.45) is 2.71. The van der Waals surface area contributed by atoms with E-state index in [9.17, 15) is 0 Å². The van der Waals surface area contributed by atoms with Gasteiger partial charge in [0.15, 0.2) is 0 Å². The Morgan fingerprint density at radius 3 is 2.94 bits per heavy atom. The first-order chi connectivity index (χ1) is 8.64. The molecule has 1 aliphatic rings. The van der Waals surface area contributed by atoms with Crippen molar-refractivity contribution in [2.45, 2.75) is 33.2 Å². The van der Waals surface area contributed by atoms with Crippen LogP contribution in [0.25, 0.3) is 10.1 Å². The minimum absolute atomic E-state index is 0.490. The van der Waals surface area contributed by atoms with Gasteiger partial charge in [0.2, 0.25) is 0 Å². The molecule has 1 fully saturated rings. The maximum atomic E-state index is 2.62. The van der Waals surface area contributed by atoms with Crippen molar-refractivity contribution in [2.24, 2.45) is 5.41 Å². The van der Waals surface area contributed by atoms with Crippen molar-refractivity contribution in [3.63, 3.8) is 0 Å². The third kappa shape index (κ3) is 2.45. The number of hydrogen-bond donors (Lipinski definition) is 0. The van der Waals surface area contributed by atoms with Crippen molar-refractivity contribution in [3.8, 4) is 0 Å². The summed E-state index contributed by atoms with van der Waals surface area (Å²) in [6, 6.07) is 8.77. The summed E-state index contributed by atoms with van der Waals surface area (Å²) < 4.78 is 1.42. The molecule has 3 rings (SSSR count). The van der Waals surface area contributed by atoms with Crippen molar-refractivity contribution in [1.82, 2.24) is 4.90 Å². The molecule has 2 heterocycles. The lowest BCUT2D eigenvalue weighted by molar-refractivity contribution is 0.112. The number of rotatable bonds is 2. The van der Waals surface area contributed by atoms with Crippen molar-refractivity contribution in [2.75, 3.05) is 13.1 Å². The van der Waals surface area contributed by atoms with E-state index in [2.05, 4.69) is 48.4 Å². The van der Waals surface area contributed by atoms with Gasteiger partial charge in [0.05, 0.1) is 0 Å². The number of likely N-dealkylation sites (tertiary alicyclic amines) is 1.